The molecule has 0 aliphatic carbocycles. The maximum atomic E-state index is 8.84. The Balaban J connectivity index is 2.60. The molecule has 2 aromatic rings. The molecule has 0 saturated carbocycles. The van der Waals surface area contributed by atoms with Crippen LogP contribution in [0.25, 0.3) is 11.1 Å². The molecule has 0 heterocycles. The molecular formula is C13H7Cl2N. The molecule has 0 radical (unpaired) electrons. The highest BCUT2D eigenvalue weighted by molar-refractivity contribution is 6.33. The van der Waals surface area contributed by atoms with Gasteiger partial charge in [-0.1, -0.05) is 35.3 Å². The maximum Gasteiger partial charge on any atom is 0.0991 e. The van der Waals surface area contributed by atoms with E-state index in [1.54, 1.807) is 24.3 Å². The predicted octanol–water partition coefficient (Wildman–Crippen LogP) is 4.53. The Morgan fingerprint density at radius 3 is 2.50 bits per heavy atom. The van der Waals surface area contributed by atoms with Crippen LogP contribution in [0.1, 0.15) is 5.56 Å². The van der Waals surface area contributed by atoms with E-state index in [4.69, 9.17) is 28.5 Å². The van der Waals surface area contributed by atoms with E-state index in [0.717, 1.165) is 11.1 Å². The summed E-state index contributed by atoms with van der Waals surface area (Å²) in [6.07, 6.45) is 0. The molecule has 16 heavy (non-hydrogen) atoms. The number of nitriles is 1. The Hall–Kier alpha value is -1.49. The molecule has 2 rings (SSSR count). The average molecular weight is 248 g/mol. The summed E-state index contributed by atoms with van der Waals surface area (Å²) in [4.78, 5) is 0. The topological polar surface area (TPSA) is 23.8 Å². The molecule has 0 aromatic heterocycles. The van der Waals surface area contributed by atoms with E-state index in [0.29, 0.717) is 15.6 Å². The molecule has 2 aromatic carbocycles. The van der Waals surface area contributed by atoms with Gasteiger partial charge in [0.15, 0.2) is 0 Å². The first-order valence-electron chi connectivity index (χ1n) is 4.66. The largest absolute Gasteiger partial charge is 0.192 e. The number of benzene rings is 2. The Morgan fingerprint density at radius 1 is 1.00 bits per heavy atom. The van der Waals surface area contributed by atoms with E-state index in [9.17, 15) is 0 Å². The Morgan fingerprint density at radius 2 is 1.81 bits per heavy atom. The fourth-order valence-corrected chi connectivity index (χ4v) is 1.89. The molecule has 0 spiro atoms. The Kier molecular flexibility index (Phi) is 3.14. The summed E-state index contributed by atoms with van der Waals surface area (Å²) in [5.41, 5.74) is 2.32. The third-order valence-electron chi connectivity index (χ3n) is 2.23. The first-order chi connectivity index (χ1) is 7.70. The van der Waals surface area contributed by atoms with E-state index in [1.165, 1.54) is 0 Å². The smallest absolute Gasteiger partial charge is 0.0991 e. The molecule has 78 valence electrons. The van der Waals surface area contributed by atoms with Gasteiger partial charge in [0.2, 0.25) is 0 Å². The van der Waals surface area contributed by atoms with Gasteiger partial charge in [-0.2, -0.15) is 5.26 Å². The second-order valence-electron chi connectivity index (χ2n) is 3.32. The number of halogens is 2. The maximum absolute atomic E-state index is 8.84. The minimum Gasteiger partial charge on any atom is -0.192 e. The van der Waals surface area contributed by atoms with Crippen LogP contribution in [0.5, 0.6) is 0 Å². The third-order valence-corrected chi connectivity index (χ3v) is 2.80. The fraction of sp³-hybridized carbons (Fsp3) is 0. The summed E-state index contributed by atoms with van der Waals surface area (Å²) in [6, 6.07) is 14.6. The highest BCUT2D eigenvalue weighted by atomic mass is 35.5. The lowest BCUT2D eigenvalue weighted by Crippen LogP contribution is -1.82. The zero-order chi connectivity index (χ0) is 11.5. The van der Waals surface area contributed by atoms with Gasteiger partial charge in [0.05, 0.1) is 11.6 Å². The van der Waals surface area contributed by atoms with Gasteiger partial charge in [-0.15, -0.1) is 0 Å². The second kappa shape index (κ2) is 4.57. The van der Waals surface area contributed by atoms with Crippen LogP contribution in [-0.2, 0) is 0 Å². The molecule has 0 aliphatic rings. The molecule has 0 amide bonds. The number of nitrogens with zero attached hydrogens (tertiary/aromatic N) is 1. The van der Waals surface area contributed by atoms with Gasteiger partial charge >= 0.3 is 0 Å². The van der Waals surface area contributed by atoms with Crippen molar-refractivity contribution in [2.24, 2.45) is 0 Å². The lowest BCUT2D eigenvalue weighted by Gasteiger charge is -2.05. The molecule has 0 bridgehead atoms. The van der Waals surface area contributed by atoms with Crippen molar-refractivity contribution in [2.75, 3.05) is 0 Å². The van der Waals surface area contributed by atoms with Gasteiger partial charge in [-0.3, -0.25) is 0 Å². The van der Waals surface area contributed by atoms with Crippen LogP contribution in [0.2, 0.25) is 10.0 Å². The van der Waals surface area contributed by atoms with Crippen LogP contribution < -0.4 is 0 Å². The van der Waals surface area contributed by atoms with E-state index < -0.39 is 0 Å². The van der Waals surface area contributed by atoms with E-state index in [2.05, 4.69) is 6.07 Å². The minimum absolute atomic E-state index is 0.583. The van der Waals surface area contributed by atoms with Gasteiger partial charge in [0, 0.05) is 15.6 Å². The van der Waals surface area contributed by atoms with Crippen molar-refractivity contribution in [2.45, 2.75) is 0 Å². The Labute approximate surface area is 104 Å². The predicted molar refractivity (Wildman–Crippen MR) is 66.6 cm³/mol. The van der Waals surface area contributed by atoms with Crippen LogP contribution >= 0.6 is 23.2 Å². The van der Waals surface area contributed by atoms with E-state index in [-0.39, 0.29) is 0 Å². The van der Waals surface area contributed by atoms with Crippen molar-refractivity contribution in [1.29, 1.82) is 5.26 Å². The standard InChI is InChI=1S/C13H7Cl2N/c14-11-3-1-2-10(7-11)12-6-9(8-16)4-5-13(12)15/h1-7H. The van der Waals surface area contributed by atoms with Crippen molar-refractivity contribution in [3.8, 4) is 17.2 Å². The van der Waals surface area contributed by atoms with Crippen molar-refractivity contribution < 1.29 is 0 Å². The SMILES string of the molecule is N#Cc1ccc(Cl)c(-c2cccc(Cl)c2)c1. The Bertz CT molecular complexity index is 570. The molecule has 0 unspecified atom stereocenters. The normalized spacial score (nSPS) is 9.81. The summed E-state index contributed by atoms with van der Waals surface area (Å²) in [7, 11) is 0. The zero-order valence-corrected chi connectivity index (χ0v) is 9.76. The van der Waals surface area contributed by atoms with Gasteiger partial charge in [0.25, 0.3) is 0 Å². The zero-order valence-electron chi connectivity index (χ0n) is 8.24. The molecular weight excluding hydrogens is 241 g/mol. The summed E-state index contributed by atoms with van der Waals surface area (Å²) < 4.78 is 0. The number of hydrogen-bond donors (Lipinski definition) is 0. The minimum atomic E-state index is 0.583. The first-order valence-corrected chi connectivity index (χ1v) is 5.42. The van der Waals surface area contributed by atoms with Gasteiger partial charge in [0.1, 0.15) is 0 Å². The van der Waals surface area contributed by atoms with Crippen molar-refractivity contribution in [1.82, 2.24) is 0 Å². The molecule has 0 aliphatic heterocycles. The molecule has 0 fully saturated rings. The second-order valence-corrected chi connectivity index (χ2v) is 4.16. The average Bonchev–Trinajstić information content (AvgIpc) is 2.30. The van der Waals surface area contributed by atoms with Crippen LogP contribution in [0.3, 0.4) is 0 Å². The first kappa shape index (κ1) is 11.0. The summed E-state index contributed by atoms with van der Waals surface area (Å²) in [5, 5.41) is 10.1. The van der Waals surface area contributed by atoms with E-state index in [1.807, 2.05) is 18.2 Å². The van der Waals surface area contributed by atoms with Crippen LogP contribution in [0, 0.1) is 11.3 Å². The molecule has 1 nitrogen and oxygen atoms in total. The molecule has 0 N–H and O–H groups in total. The molecule has 3 heteroatoms. The lowest BCUT2D eigenvalue weighted by molar-refractivity contribution is 1.48. The van der Waals surface area contributed by atoms with Crippen molar-refractivity contribution >= 4 is 23.2 Å². The third kappa shape index (κ3) is 2.19. The van der Waals surface area contributed by atoms with Gasteiger partial charge in [-0.05, 0) is 35.9 Å². The summed E-state index contributed by atoms with van der Waals surface area (Å²) in [6.45, 7) is 0. The van der Waals surface area contributed by atoms with Crippen LogP contribution in [0.15, 0.2) is 42.5 Å². The molecule has 0 saturated heterocycles. The van der Waals surface area contributed by atoms with Crippen LogP contribution in [0.4, 0.5) is 0 Å². The summed E-state index contributed by atoms with van der Waals surface area (Å²) in [5.74, 6) is 0. The summed E-state index contributed by atoms with van der Waals surface area (Å²) >= 11 is 12.0. The fourth-order valence-electron chi connectivity index (χ4n) is 1.47. The highest BCUT2D eigenvalue weighted by Crippen LogP contribution is 2.30. The lowest BCUT2D eigenvalue weighted by atomic mass is 10.0. The van der Waals surface area contributed by atoms with Gasteiger partial charge < -0.3 is 0 Å². The van der Waals surface area contributed by atoms with Crippen LogP contribution in [-0.4, -0.2) is 0 Å². The monoisotopic (exact) mass is 247 g/mol. The van der Waals surface area contributed by atoms with Crippen molar-refractivity contribution in [3.63, 3.8) is 0 Å². The number of hydrogen-bond acceptors (Lipinski definition) is 1. The quantitative estimate of drug-likeness (QED) is 0.727. The highest BCUT2D eigenvalue weighted by Gasteiger charge is 2.05. The van der Waals surface area contributed by atoms with Gasteiger partial charge in [-0.25, -0.2) is 0 Å². The number of rotatable bonds is 1. The molecule has 0 atom stereocenters. The van der Waals surface area contributed by atoms with Crippen molar-refractivity contribution in [3.05, 3.63) is 58.1 Å². The van der Waals surface area contributed by atoms with E-state index >= 15 is 0 Å².